The first-order valence-electron chi connectivity index (χ1n) is 11.6. The zero-order valence-electron chi connectivity index (χ0n) is 19.8. The number of aliphatic hydroxyl groups excluding tert-OH is 1. The number of phenols is 1. The lowest BCUT2D eigenvalue weighted by atomic mass is 10.00. The summed E-state index contributed by atoms with van der Waals surface area (Å²) in [4.78, 5) is 30.3. The van der Waals surface area contributed by atoms with Crippen LogP contribution >= 0.6 is 23.2 Å². The Morgan fingerprint density at radius 1 is 1.16 bits per heavy atom. The third-order valence-electron chi connectivity index (χ3n) is 5.92. The molecule has 0 aliphatic carbocycles. The van der Waals surface area contributed by atoms with Gasteiger partial charge in [-0.2, -0.15) is 5.26 Å². The fraction of sp³-hybridized carbons (Fsp3) is 0.360. The number of hydrogen-bond donors (Lipinski definition) is 5. The number of nitriles is 1. The van der Waals surface area contributed by atoms with Gasteiger partial charge in [0, 0.05) is 19.6 Å². The fourth-order valence-corrected chi connectivity index (χ4v) is 4.72. The normalized spacial score (nSPS) is 15.1. The van der Waals surface area contributed by atoms with E-state index in [0.29, 0.717) is 37.1 Å². The molecule has 1 aliphatic heterocycles. The highest BCUT2D eigenvalue weighted by Gasteiger charge is 2.26. The summed E-state index contributed by atoms with van der Waals surface area (Å²) in [5, 5.41) is 43.9. The molecule has 3 rings (SSSR count). The average Bonchev–Trinajstić information content (AvgIpc) is 3.38. The van der Waals surface area contributed by atoms with Crippen molar-refractivity contribution in [1.82, 2.24) is 15.5 Å². The topological polar surface area (TPSA) is 158 Å². The van der Waals surface area contributed by atoms with Gasteiger partial charge in [0.15, 0.2) is 0 Å². The molecule has 2 aromatic carbocycles. The number of aliphatic imine (C=N–C) groups is 1. The van der Waals surface area contributed by atoms with Gasteiger partial charge in [-0.3, -0.25) is 4.79 Å². The van der Waals surface area contributed by atoms with Crippen molar-refractivity contribution in [1.29, 1.82) is 5.26 Å². The van der Waals surface area contributed by atoms with Crippen molar-refractivity contribution < 1.29 is 24.9 Å². The van der Waals surface area contributed by atoms with Crippen molar-refractivity contribution in [2.75, 3.05) is 19.6 Å². The number of phenolic OH excluding ortho intramolecular Hbond substituents is 1. The minimum absolute atomic E-state index is 0.0349. The number of aromatic hydroxyl groups is 1. The predicted molar refractivity (Wildman–Crippen MR) is 139 cm³/mol. The first-order chi connectivity index (χ1) is 17.7. The molecule has 12 heteroatoms. The number of aliphatic carboxylic acids is 1. The van der Waals surface area contributed by atoms with E-state index in [4.69, 9.17) is 28.5 Å². The highest BCUT2D eigenvalue weighted by Crippen LogP contribution is 2.29. The van der Waals surface area contributed by atoms with Crippen LogP contribution in [0.1, 0.15) is 46.9 Å². The van der Waals surface area contributed by atoms with Gasteiger partial charge < -0.3 is 30.9 Å². The zero-order valence-corrected chi connectivity index (χ0v) is 21.3. The molecular formula is C25H27Cl2N5O5. The number of carboxylic acids is 1. The van der Waals surface area contributed by atoms with Crippen LogP contribution in [0.4, 0.5) is 0 Å². The van der Waals surface area contributed by atoms with Crippen LogP contribution < -0.4 is 10.6 Å². The van der Waals surface area contributed by atoms with Gasteiger partial charge in [-0.05, 0) is 61.1 Å². The summed E-state index contributed by atoms with van der Waals surface area (Å²) in [5.74, 6) is -1.75. The molecule has 1 saturated heterocycles. The van der Waals surface area contributed by atoms with Gasteiger partial charge in [-0.1, -0.05) is 35.3 Å². The van der Waals surface area contributed by atoms with E-state index in [0.717, 1.165) is 12.8 Å². The SMILES string of the molecule is N#C/N=C(\NC[C@H](NC(=O)c1c(Cl)cc(CCC(O)c2cccc(O)c2)cc1Cl)C(=O)O)N1CCCC1. The molecule has 0 radical (unpaired) electrons. The van der Waals surface area contributed by atoms with E-state index in [1.54, 1.807) is 18.3 Å². The van der Waals surface area contributed by atoms with Crippen LogP contribution in [0.2, 0.25) is 10.0 Å². The smallest absolute Gasteiger partial charge is 0.328 e. The number of benzene rings is 2. The number of hydrogen-bond acceptors (Lipinski definition) is 6. The van der Waals surface area contributed by atoms with Crippen LogP contribution in [-0.4, -0.2) is 63.7 Å². The lowest BCUT2D eigenvalue weighted by Crippen LogP contribution is -2.51. The molecule has 2 atom stereocenters. The van der Waals surface area contributed by atoms with E-state index in [9.17, 15) is 24.9 Å². The maximum atomic E-state index is 12.9. The number of guanidine groups is 1. The van der Waals surface area contributed by atoms with Crippen LogP contribution in [0.5, 0.6) is 5.75 Å². The lowest BCUT2D eigenvalue weighted by Gasteiger charge is -2.22. The molecule has 0 spiro atoms. The Balaban J connectivity index is 1.65. The Hall–Kier alpha value is -3.52. The van der Waals surface area contributed by atoms with Crippen molar-refractivity contribution in [2.24, 2.45) is 4.99 Å². The number of rotatable bonds is 9. The number of nitrogens with one attached hydrogen (secondary N) is 2. The molecule has 37 heavy (non-hydrogen) atoms. The zero-order chi connectivity index (χ0) is 26.9. The van der Waals surface area contributed by atoms with Crippen LogP contribution in [0, 0.1) is 11.5 Å². The average molecular weight is 548 g/mol. The second kappa shape index (κ2) is 13.1. The van der Waals surface area contributed by atoms with Crippen LogP contribution in [0.3, 0.4) is 0 Å². The molecule has 1 heterocycles. The molecular weight excluding hydrogens is 521 g/mol. The predicted octanol–water partition coefficient (Wildman–Crippen LogP) is 3.07. The molecule has 0 bridgehead atoms. The van der Waals surface area contributed by atoms with Crippen molar-refractivity contribution in [3.8, 4) is 11.9 Å². The van der Waals surface area contributed by atoms with Crippen LogP contribution in [0.25, 0.3) is 0 Å². The summed E-state index contributed by atoms with van der Waals surface area (Å²) < 4.78 is 0. The molecule has 196 valence electrons. The molecule has 0 aromatic heterocycles. The Kier molecular flexibility index (Phi) is 9.97. The van der Waals surface area contributed by atoms with Crippen molar-refractivity contribution >= 4 is 41.0 Å². The molecule has 1 unspecified atom stereocenters. The van der Waals surface area contributed by atoms with Crippen molar-refractivity contribution in [3.05, 3.63) is 63.1 Å². The van der Waals surface area contributed by atoms with Gasteiger partial charge in [0.1, 0.15) is 11.8 Å². The molecule has 10 nitrogen and oxygen atoms in total. The fourth-order valence-electron chi connectivity index (χ4n) is 4.01. The summed E-state index contributed by atoms with van der Waals surface area (Å²) in [7, 11) is 0. The number of nitrogens with zero attached hydrogens (tertiary/aromatic N) is 3. The van der Waals surface area contributed by atoms with E-state index < -0.39 is 24.0 Å². The molecule has 0 saturated carbocycles. The summed E-state index contributed by atoms with van der Waals surface area (Å²) in [5.41, 5.74) is 1.16. The van der Waals surface area contributed by atoms with Crippen LogP contribution in [-0.2, 0) is 11.2 Å². The lowest BCUT2D eigenvalue weighted by molar-refractivity contribution is -0.139. The number of carboxylic acid groups (broad SMARTS) is 1. The van der Waals surface area contributed by atoms with Crippen molar-refractivity contribution in [3.63, 3.8) is 0 Å². The molecule has 5 N–H and O–H groups in total. The number of carbonyl (C=O) groups is 2. The standard InChI is InChI=1S/C25H27Cl2N5O5/c26-18-10-15(6-7-21(34)16-4-3-5-17(33)12-16)11-19(27)22(18)23(35)31-20(24(36)37)13-29-25(30-14-28)32-8-1-2-9-32/h3-5,10-12,20-21,33-34H,1-2,6-9,13H2,(H,29,30)(H,31,35)(H,36,37)/t20-,21?/m0/s1. The Labute approximate surface area is 224 Å². The summed E-state index contributed by atoms with van der Waals surface area (Å²) in [6, 6.07) is 8.06. The minimum Gasteiger partial charge on any atom is -0.508 e. The number of aliphatic hydroxyl groups is 1. The number of amides is 1. The third-order valence-corrected chi connectivity index (χ3v) is 6.52. The Morgan fingerprint density at radius 2 is 1.84 bits per heavy atom. The van der Waals surface area contributed by atoms with Gasteiger partial charge in [0.2, 0.25) is 12.2 Å². The van der Waals surface area contributed by atoms with Crippen molar-refractivity contribution in [2.45, 2.75) is 37.8 Å². The Bertz CT molecular complexity index is 1190. The summed E-state index contributed by atoms with van der Waals surface area (Å²) >= 11 is 12.7. The van der Waals surface area contributed by atoms with E-state index in [-0.39, 0.29) is 33.9 Å². The number of likely N-dealkylation sites (tertiary alicyclic amines) is 1. The third kappa shape index (κ3) is 7.73. The van der Waals surface area contributed by atoms with Gasteiger partial charge in [0.25, 0.3) is 5.91 Å². The first-order valence-corrected chi connectivity index (χ1v) is 12.4. The molecule has 1 fully saturated rings. The molecule has 1 amide bonds. The number of aryl methyl sites for hydroxylation is 1. The summed E-state index contributed by atoms with van der Waals surface area (Å²) in [6.45, 7) is 1.18. The molecule has 1 aliphatic rings. The van der Waals surface area contributed by atoms with Gasteiger partial charge in [0.05, 0.1) is 21.7 Å². The monoisotopic (exact) mass is 547 g/mol. The van der Waals surface area contributed by atoms with E-state index >= 15 is 0 Å². The maximum absolute atomic E-state index is 12.9. The van der Waals surface area contributed by atoms with E-state index in [1.165, 1.54) is 24.3 Å². The maximum Gasteiger partial charge on any atom is 0.328 e. The number of carbonyl (C=O) groups excluding carboxylic acids is 1. The van der Waals surface area contributed by atoms with E-state index in [2.05, 4.69) is 15.6 Å². The van der Waals surface area contributed by atoms with E-state index in [1.807, 2.05) is 4.90 Å². The summed E-state index contributed by atoms with van der Waals surface area (Å²) in [6.07, 6.45) is 3.45. The number of halogens is 2. The second-order valence-electron chi connectivity index (χ2n) is 8.56. The highest BCUT2D eigenvalue weighted by atomic mass is 35.5. The quantitative estimate of drug-likeness (QED) is 0.182. The first kappa shape index (κ1) is 28.1. The minimum atomic E-state index is -1.34. The Morgan fingerprint density at radius 3 is 2.43 bits per heavy atom. The highest BCUT2D eigenvalue weighted by molar-refractivity contribution is 6.39. The molecule has 2 aromatic rings. The van der Waals surface area contributed by atoms with Crippen LogP contribution in [0.15, 0.2) is 41.4 Å². The van der Waals surface area contributed by atoms with Gasteiger partial charge in [-0.25, -0.2) is 4.79 Å². The van der Waals surface area contributed by atoms with Gasteiger partial charge >= 0.3 is 5.97 Å². The van der Waals surface area contributed by atoms with Gasteiger partial charge in [-0.15, -0.1) is 4.99 Å². The largest absolute Gasteiger partial charge is 0.508 e. The second-order valence-corrected chi connectivity index (χ2v) is 9.37.